The van der Waals surface area contributed by atoms with E-state index in [1.807, 2.05) is 43.3 Å². The summed E-state index contributed by atoms with van der Waals surface area (Å²) in [5, 5.41) is 5.99. The molecule has 0 radical (unpaired) electrons. The van der Waals surface area contributed by atoms with Crippen LogP contribution in [0.25, 0.3) is 0 Å². The first-order chi connectivity index (χ1) is 19.4. The number of ether oxygens (including phenoxy) is 1. The normalized spacial score (nSPS) is 14.2. The molecule has 1 aromatic heterocycles. The van der Waals surface area contributed by atoms with Crippen molar-refractivity contribution >= 4 is 29.2 Å². The molecule has 1 aliphatic carbocycles. The van der Waals surface area contributed by atoms with Crippen LogP contribution in [-0.4, -0.2) is 35.9 Å². The van der Waals surface area contributed by atoms with Crippen molar-refractivity contribution in [2.45, 2.75) is 70.4 Å². The fraction of sp³-hybridized carbons (Fsp3) is 0.375. The Morgan fingerprint density at radius 1 is 0.975 bits per heavy atom. The number of aromatic nitrogens is 1. The minimum Gasteiger partial charge on any atom is -0.497 e. The Kier molecular flexibility index (Phi) is 10.3. The zero-order valence-electron chi connectivity index (χ0n) is 23.3. The number of hydrogen-bond donors (Lipinski definition) is 2. The van der Waals surface area contributed by atoms with Crippen molar-refractivity contribution in [2.24, 2.45) is 0 Å². The van der Waals surface area contributed by atoms with Gasteiger partial charge in [0, 0.05) is 30.8 Å². The van der Waals surface area contributed by atoms with Crippen LogP contribution in [0, 0.1) is 6.92 Å². The Labute approximate surface area is 236 Å². The maximum absolute atomic E-state index is 13.9. The zero-order chi connectivity index (χ0) is 28.3. The Balaban J connectivity index is 1.58. The van der Waals surface area contributed by atoms with Gasteiger partial charge < -0.3 is 15.4 Å². The molecule has 0 saturated heterocycles. The number of hydrogen-bond acceptors (Lipinski definition) is 5. The molecular weight excluding hydrogens is 504 g/mol. The molecule has 1 aliphatic rings. The molecule has 3 amide bonds. The summed E-state index contributed by atoms with van der Waals surface area (Å²) < 4.78 is 5.33. The van der Waals surface area contributed by atoms with E-state index >= 15 is 0 Å². The second kappa shape index (κ2) is 14.3. The van der Waals surface area contributed by atoms with E-state index in [2.05, 4.69) is 15.6 Å². The number of carbonyl (C=O) groups excluding carboxylic acids is 3. The third-order valence-electron chi connectivity index (χ3n) is 7.17. The average Bonchev–Trinajstić information content (AvgIpc) is 2.97. The first-order valence-corrected chi connectivity index (χ1v) is 14.0. The topological polar surface area (TPSA) is 101 Å². The number of nitrogens with zero attached hydrogens (tertiary/aromatic N) is 2. The van der Waals surface area contributed by atoms with E-state index in [-0.39, 0.29) is 36.6 Å². The van der Waals surface area contributed by atoms with Crippen LogP contribution in [-0.2, 0) is 14.4 Å². The maximum Gasteiger partial charge on any atom is 0.248 e. The third-order valence-corrected chi connectivity index (χ3v) is 7.17. The molecule has 4 rings (SSSR count). The van der Waals surface area contributed by atoms with E-state index in [1.54, 1.807) is 48.5 Å². The first kappa shape index (κ1) is 28.8. The number of methoxy groups -OCH3 is 1. The lowest BCUT2D eigenvalue weighted by Crippen LogP contribution is -2.47. The molecule has 2 aromatic carbocycles. The monoisotopic (exact) mass is 542 g/mol. The van der Waals surface area contributed by atoms with Gasteiger partial charge in [0.15, 0.2) is 0 Å². The quantitative estimate of drug-likeness (QED) is 0.322. The second-order valence-electron chi connectivity index (χ2n) is 10.2. The van der Waals surface area contributed by atoms with Crippen molar-refractivity contribution in [2.75, 3.05) is 17.3 Å². The Morgan fingerprint density at radius 2 is 1.75 bits per heavy atom. The van der Waals surface area contributed by atoms with E-state index in [1.165, 1.54) is 6.42 Å². The van der Waals surface area contributed by atoms with Crippen LogP contribution in [0.3, 0.4) is 0 Å². The summed E-state index contributed by atoms with van der Waals surface area (Å²) in [4.78, 5) is 46.0. The smallest absolute Gasteiger partial charge is 0.248 e. The maximum atomic E-state index is 13.9. The Bertz CT molecular complexity index is 1270. The highest BCUT2D eigenvalue weighted by molar-refractivity contribution is 6.01. The van der Waals surface area contributed by atoms with Crippen LogP contribution < -0.4 is 20.3 Å². The molecule has 1 atom stereocenters. The van der Waals surface area contributed by atoms with Gasteiger partial charge >= 0.3 is 0 Å². The number of rotatable bonds is 11. The standard InChI is InChI=1S/C32H38N4O4/c1-23-10-8-13-26(22-23)36(30(38)16-9-15-29(37)35-28-14-6-7-21-33-28)31(24-17-19-27(40-2)20-18-24)32(39)34-25-11-4-3-5-12-25/h6-8,10,13-14,17-22,25,31H,3-5,9,11-12,15-16H2,1-2H3,(H,34,39)(H,33,35,37). The largest absolute Gasteiger partial charge is 0.497 e. The predicted octanol–water partition coefficient (Wildman–Crippen LogP) is 5.73. The van der Waals surface area contributed by atoms with E-state index in [0.29, 0.717) is 29.2 Å². The van der Waals surface area contributed by atoms with Crippen molar-refractivity contribution in [1.82, 2.24) is 10.3 Å². The summed E-state index contributed by atoms with van der Waals surface area (Å²) in [6, 6.07) is 19.4. The number of pyridine rings is 1. The number of anilines is 2. The lowest BCUT2D eigenvalue weighted by molar-refractivity contribution is -0.127. The highest BCUT2D eigenvalue weighted by atomic mass is 16.5. The zero-order valence-corrected chi connectivity index (χ0v) is 23.3. The molecule has 8 heteroatoms. The van der Waals surface area contributed by atoms with Crippen LogP contribution in [0.1, 0.15) is 68.5 Å². The summed E-state index contributed by atoms with van der Waals surface area (Å²) in [7, 11) is 1.59. The van der Waals surface area contributed by atoms with Crippen molar-refractivity contribution in [1.29, 1.82) is 0 Å². The second-order valence-corrected chi connectivity index (χ2v) is 10.2. The van der Waals surface area contributed by atoms with Gasteiger partial charge in [-0.2, -0.15) is 0 Å². The summed E-state index contributed by atoms with van der Waals surface area (Å²) >= 11 is 0. The van der Waals surface area contributed by atoms with Gasteiger partial charge in [-0.1, -0.05) is 49.6 Å². The fourth-order valence-corrected chi connectivity index (χ4v) is 5.11. The summed E-state index contributed by atoms with van der Waals surface area (Å²) in [6.45, 7) is 1.96. The molecule has 1 heterocycles. The number of carbonyl (C=O) groups is 3. The minimum atomic E-state index is -0.871. The molecule has 3 aromatic rings. The number of amides is 3. The van der Waals surface area contributed by atoms with Crippen molar-refractivity contribution in [3.63, 3.8) is 0 Å². The fourth-order valence-electron chi connectivity index (χ4n) is 5.11. The van der Waals surface area contributed by atoms with Gasteiger partial charge in [0.05, 0.1) is 7.11 Å². The minimum absolute atomic E-state index is 0.0896. The van der Waals surface area contributed by atoms with Crippen LogP contribution in [0.2, 0.25) is 0 Å². The number of nitrogens with one attached hydrogen (secondary N) is 2. The molecule has 1 unspecified atom stereocenters. The summed E-state index contributed by atoms with van der Waals surface area (Å²) in [5.41, 5.74) is 2.31. The lowest BCUT2D eigenvalue weighted by Gasteiger charge is -2.34. The molecule has 40 heavy (non-hydrogen) atoms. The molecule has 1 saturated carbocycles. The summed E-state index contributed by atoms with van der Waals surface area (Å²) in [5.74, 6) is 0.493. The van der Waals surface area contributed by atoms with E-state index < -0.39 is 6.04 Å². The van der Waals surface area contributed by atoms with Crippen LogP contribution >= 0.6 is 0 Å². The van der Waals surface area contributed by atoms with Crippen molar-refractivity contribution in [3.8, 4) is 5.75 Å². The SMILES string of the molecule is COc1ccc(C(C(=O)NC2CCCCC2)N(C(=O)CCCC(=O)Nc2ccccn2)c2cccc(C)c2)cc1. The number of aryl methyl sites for hydroxylation is 1. The Morgan fingerprint density at radius 3 is 2.42 bits per heavy atom. The molecule has 0 spiro atoms. The van der Waals surface area contributed by atoms with Gasteiger partial charge in [-0.25, -0.2) is 4.98 Å². The highest BCUT2D eigenvalue weighted by Crippen LogP contribution is 2.31. The molecule has 8 nitrogen and oxygen atoms in total. The van der Waals surface area contributed by atoms with Gasteiger partial charge in [0.25, 0.3) is 0 Å². The van der Waals surface area contributed by atoms with Gasteiger partial charge in [-0.3, -0.25) is 19.3 Å². The Hall–Kier alpha value is -4.20. The van der Waals surface area contributed by atoms with Gasteiger partial charge in [-0.15, -0.1) is 0 Å². The molecule has 1 fully saturated rings. The van der Waals surface area contributed by atoms with Crippen molar-refractivity contribution in [3.05, 3.63) is 84.1 Å². The number of benzene rings is 2. The molecule has 0 aliphatic heterocycles. The molecular formula is C32H38N4O4. The van der Waals surface area contributed by atoms with E-state index in [0.717, 1.165) is 31.2 Å². The van der Waals surface area contributed by atoms with Crippen molar-refractivity contribution < 1.29 is 19.1 Å². The molecule has 210 valence electrons. The van der Waals surface area contributed by atoms with Gasteiger partial charge in [0.1, 0.15) is 17.6 Å². The van der Waals surface area contributed by atoms with Crippen LogP contribution in [0.5, 0.6) is 5.75 Å². The highest BCUT2D eigenvalue weighted by Gasteiger charge is 2.34. The van der Waals surface area contributed by atoms with Gasteiger partial charge in [0.2, 0.25) is 17.7 Å². The lowest BCUT2D eigenvalue weighted by atomic mass is 9.94. The van der Waals surface area contributed by atoms with Crippen LogP contribution in [0.4, 0.5) is 11.5 Å². The first-order valence-electron chi connectivity index (χ1n) is 14.0. The third kappa shape index (κ3) is 7.91. The molecule has 0 bridgehead atoms. The van der Waals surface area contributed by atoms with Crippen LogP contribution in [0.15, 0.2) is 72.9 Å². The summed E-state index contributed by atoms with van der Waals surface area (Å²) in [6.07, 6.45) is 7.42. The van der Waals surface area contributed by atoms with Gasteiger partial charge in [-0.05, 0) is 73.7 Å². The predicted molar refractivity (Wildman–Crippen MR) is 156 cm³/mol. The van der Waals surface area contributed by atoms with E-state index in [9.17, 15) is 14.4 Å². The average molecular weight is 543 g/mol. The molecule has 2 N–H and O–H groups in total. The van der Waals surface area contributed by atoms with E-state index in [4.69, 9.17) is 4.74 Å².